The summed E-state index contributed by atoms with van der Waals surface area (Å²) in [5.74, 6) is -4.15. The fourth-order valence-electron chi connectivity index (χ4n) is 1.44. The number of aliphatic hydroxyl groups excluding tert-OH is 1. The normalized spacial score (nSPS) is 13.0. The van der Waals surface area contributed by atoms with Gasteiger partial charge in [0.2, 0.25) is 0 Å². The minimum atomic E-state index is -1.29. The smallest absolute Gasteiger partial charge is 0.342 e. The molecule has 1 N–H and O–H groups in total. The van der Waals surface area contributed by atoms with Gasteiger partial charge in [-0.1, -0.05) is 11.6 Å². The van der Waals surface area contributed by atoms with Crippen LogP contribution in [-0.2, 0) is 42.2 Å². The molecule has 1 aromatic rings. The Balaban J connectivity index is 0.00000484. The molecule has 121 valence electrons. The molecule has 0 saturated carbocycles. The molecule has 1 rings (SSSR count). The Kier molecular flexibility index (Phi) is 9.76. The van der Waals surface area contributed by atoms with Crippen LogP contribution in [0.5, 0.6) is 0 Å². The van der Waals surface area contributed by atoms with Crippen molar-refractivity contribution in [1.29, 1.82) is 0 Å². The molecular weight excluding hydrogens is 381 g/mol. The molecule has 1 aromatic carbocycles. The minimum Gasteiger partial charge on any atom is -0.519 e. The monoisotopic (exact) mass is 397 g/mol. The summed E-state index contributed by atoms with van der Waals surface area (Å²) >= 11 is 0. The third-order valence-corrected chi connectivity index (χ3v) is 2.67. The topological polar surface area (TPSA) is 58.9 Å². The molecule has 0 aliphatic rings. The van der Waals surface area contributed by atoms with Gasteiger partial charge in [0.15, 0.2) is 0 Å². The first-order chi connectivity index (χ1) is 10.4. The molecule has 0 aliphatic heterocycles. The van der Waals surface area contributed by atoms with Crippen molar-refractivity contribution in [2.24, 2.45) is 4.99 Å². The van der Waals surface area contributed by atoms with Crippen LogP contribution in [0.2, 0.25) is 0 Å². The molecule has 1 radical (unpaired) electrons. The maximum absolute atomic E-state index is 13.7. The summed E-state index contributed by atoms with van der Waals surface area (Å²) in [6.07, 6.45) is 2.55. The molecule has 0 aliphatic carbocycles. The van der Waals surface area contributed by atoms with Crippen LogP contribution < -0.4 is 0 Å². The van der Waals surface area contributed by atoms with Crippen molar-refractivity contribution in [2.45, 2.75) is 19.9 Å². The number of aliphatic imine (C=N–C) groups is 1. The molecule has 0 bridgehead atoms. The number of hydrogen-bond donors (Lipinski definition) is 1. The second kappa shape index (κ2) is 10.4. The summed E-state index contributed by atoms with van der Waals surface area (Å²) in [5, 5.41) is 10.1. The minimum absolute atomic E-state index is 0. The van der Waals surface area contributed by atoms with Gasteiger partial charge in [0, 0.05) is 44.7 Å². The van der Waals surface area contributed by atoms with Crippen LogP contribution in [0, 0.1) is 17.7 Å². The number of aliphatic hydroxyl groups is 1. The van der Waals surface area contributed by atoms with Gasteiger partial charge >= 0.3 is 5.97 Å². The van der Waals surface area contributed by atoms with E-state index in [-0.39, 0.29) is 50.9 Å². The number of esters is 1. The van der Waals surface area contributed by atoms with Crippen molar-refractivity contribution in [3.8, 4) is 0 Å². The summed E-state index contributed by atoms with van der Waals surface area (Å²) in [6.45, 7) is 6.85. The van der Waals surface area contributed by atoms with E-state index in [1.54, 1.807) is 13.8 Å². The summed E-state index contributed by atoms with van der Waals surface area (Å²) in [6, 6.07) is 3.81. The number of carbonyl (C=O) groups is 1. The van der Waals surface area contributed by atoms with Crippen molar-refractivity contribution in [3.63, 3.8) is 0 Å². The first kappa shape index (κ1) is 21.6. The maximum atomic E-state index is 13.7. The third kappa shape index (κ3) is 5.96. The van der Waals surface area contributed by atoms with E-state index in [9.17, 15) is 18.7 Å². The molecule has 0 saturated heterocycles. The Morgan fingerprint density at radius 3 is 2.74 bits per heavy atom. The van der Waals surface area contributed by atoms with Gasteiger partial charge in [0.1, 0.15) is 5.57 Å². The number of benzene rings is 1. The molecule has 23 heavy (non-hydrogen) atoms. The number of carbonyl (C=O) groups excluding carboxylic acids is 1. The number of halogens is 2. The van der Waals surface area contributed by atoms with Crippen LogP contribution in [0.1, 0.15) is 19.4 Å². The average molecular weight is 397 g/mol. The summed E-state index contributed by atoms with van der Waals surface area (Å²) < 4.78 is 31.7. The molecule has 0 aromatic heterocycles. The molecule has 1 atom stereocenters. The van der Waals surface area contributed by atoms with E-state index in [0.29, 0.717) is 0 Å². The number of hydrogen-bond acceptors (Lipinski definition) is 4. The van der Waals surface area contributed by atoms with Gasteiger partial charge in [-0.25, -0.2) is 9.18 Å². The van der Waals surface area contributed by atoms with Gasteiger partial charge in [-0.15, -0.1) is 12.6 Å². The maximum Gasteiger partial charge on any atom is 0.342 e. The average Bonchev–Trinajstić information content (AvgIpc) is 2.50. The van der Waals surface area contributed by atoms with Crippen LogP contribution >= 0.6 is 0 Å². The van der Waals surface area contributed by atoms with Crippen molar-refractivity contribution in [1.82, 2.24) is 0 Å². The first-order valence-corrected chi connectivity index (χ1v) is 6.53. The Morgan fingerprint density at radius 2 is 2.17 bits per heavy atom. The fourth-order valence-corrected chi connectivity index (χ4v) is 1.44. The standard InChI is InChI=1S/C16H16F2NO3.Y/c1-4-10(3)19-9-12(16(21)22-5-2)15(20)11-7-6-8-13(17)14(11)18;/h4,7-10,20H,1,5H2,2-3H3;/q-1;/b15-12-,19-9?;. The molecule has 0 fully saturated rings. The summed E-state index contributed by atoms with van der Waals surface area (Å²) in [7, 11) is 0. The van der Waals surface area contributed by atoms with E-state index in [1.165, 1.54) is 6.08 Å². The molecular formula is C16H16F2NO3Y-. The van der Waals surface area contributed by atoms with Gasteiger partial charge in [0.25, 0.3) is 0 Å². The zero-order valence-electron chi connectivity index (χ0n) is 12.8. The Labute approximate surface area is 158 Å². The molecule has 1 unspecified atom stereocenters. The van der Waals surface area contributed by atoms with Crippen LogP contribution in [0.3, 0.4) is 0 Å². The van der Waals surface area contributed by atoms with Gasteiger partial charge in [0.05, 0.1) is 24.2 Å². The number of ether oxygens (including phenoxy) is 1. The van der Waals surface area contributed by atoms with Crippen LogP contribution in [0.25, 0.3) is 5.76 Å². The third-order valence-electron chi connectivity index (χ3n) is 2.67. The SMILES string of the molecule is C=CC(C)N=C/C(C(=O)OCC)=C(/O)c1c[c-]cc(F)c1F.[Y]. The van der Waals surface area contributed by atoms with E-state index in [2.05, 4.69) is 17.6 Å². The molecule has 4 nitrogen and oxygen atoms in total. The number of rotatable bonds is 6. The van der Waals surface area contributed by atoms with Gasteiger partial charge in [-0.05, 0) is 13.8 Å². The molecule has 0 heterocycles. The second-order valence-corrected chi connectivity index (χ2v) is 4.27. The van der Waals surface area contributed by atoms with Crippen molar-refractivity contribution < 1.29 is 56.1 Å². The first-order valence-electron chi connectivity index (χ1n) is 6.53. The van der Waals surface area contributed by atoms with Crippen LogP contribution in [0.4, 0.5) is 8.78 Å². The molecule has 7 heteroatoms. The van der Waals surface area contributed by atoms with E-state index in [4.69, 9.17) is 4.74 Å². The van der Waals surface area contributed by atoms with Gasteiger partial charge in [-0.2, -0.15) is 12.1 Å². The van der Waals surface area contributed by atoms with Crippen molar-refractivity contribution in [2.75, 3.05) is 6.61 Å². The second-order valence-electron chi connectivity index (χ2n) is 4.27. The Morgan fingerprint density at radius 1 is 1.52 bits per heavy atom. The zero-order chi connectivity index (χ0) is 16.7. The van der Waals surface area contributed by atoms with E-state index >= 15 is 0 Å². The van der Waals surface area contributed by atoms with Crippen molar-refractivity contribution >= 4 is 17.9 Å². The Hall–Kier alpha value is -1.40. The summed E-state index contributed by atoms with van der Waals surface area (Å²) in [5.41, 5.74) is -0.880. The Bertz CT molecular complexity index is 630. The predicted molar refractivity (Wildman–Crippen MR) is 79.5 cm³/mol. The van der Waals surface area contributed by atoms with Gasteiger partial charge in [-0.3, -0.25) is 9.38 Å². The zero-order valence-corrected chi connectivity index (χ0v) is 15.7. The van der Waals surface area contributed by atoms with Crippen molar-refractivity contribution in [3.05, 3.63) is 53.6 Å². The van der Waals surface area contributed by atoms with Gasteiger partial charge < -0.3 is 9.84 Å². The molecule has 0 spiro atoms. The quantitative estimate of drug-likeness (QED) is 0.200. The summed E-state index contributed by atoms with van der Waals surface area (Å²) in [4.78, 5) is 15.8. The van der Waals surface area contributed by atoms with E-state index in [1.807, 2.05) is 0 Å². The largest absolute Gasteiger partial charge is 0.519 e. The van der Waals surface area contributed by atoms with E-state index in [0.717, 1.165) is 18.3 Å². The van der Waals surface area contributed by atoms with Crippen LogP contribution in [-0.4, -0.2) is 29.9 Å². The number of nitrogens with zero attached hydrogens (tertiary/aromatic N) is 1. The predicted octanol–water partition coefficient (Wildman–Crippen LogP) is 3.24. The van der Waals surface area contributed by atoms with E-state index < -0.39 is 28.9 Å². The fraction of sp³-hybridized carbons (Fsp3) is 0.250. The molecule has 0 amide bonds. The van der Waals surface area contributed by atoms with Crippen LogP contribution in [0.15, 0.2) is 35.4 Å².